The highest BCUT2D eigenvalue weighted by Gasteiger charge is 2.25. The summed E-state index contributed by atoms with van der Waals surface area (Å²) < 4.78 is 39.8. The number of hydrogen-bond acceptors (Lipinski definition) is 4. The molecule has 0 aromatic heterocycles. The lowest BCUT2D eigenvalue weighted by Gasteiger charge is -2.09. The number of hydrogen-bond donors (Lipinski definition) is 3. The highest BCUT2D eigenvalue weighted by Crippen LogP contribution is 2.25. The fourth-order valence-corrected chi connectivity index (χ4v) is 2.89. The molecule has 4 N–H and O–H groups in total. The summed E-state index contributed by atoms with van der Waals surface area (Å²) in [4.78, 5) is 10.8. The van der Waals surface area contributed by atoms with Crippen LogP contribution in [0.2, 0.25) is 0 Å². The second kappa shape index (κ2) is 5.66. The zero-order valence-corrected chi connectivity index (χ0v) is 12.7. The number of benzene rings is 1. The van der Waals surface area contributed by atoms with Crippen LogP contribution in [0.15, 0.2) is 21.5 Å². The summed E-state index contributed by atoms with van der Waals surface area (Å²) in [6.07, 6.45) is 1.80. The van der Waals surface area contributed by atoms with E-state index in [4.69, 9.17) is 5.73 Å². The molecule has 1 aromatic rings. The predicted molar refractivity (Wildman–Crippen MR) is 74.9 cm³/mol. The van der Waals surface area contributed by atoms with Gasteiger partial charge in [-0.3, -0.25) is 4.79 Å². The predicted octanol–water partition coefficient (Wildman–Crippen LogP) is 0.727. The largest absolute Gasteiger partial charge is 0.398 e. The van der Waals surface area contributed by atoms with E-state index >= 15 is 0 Å². The number of rotatable bonds is 5. The van der Waals surface area contributed by atoms with Crippen LogP contribution in [0.5, 0.6) is 0 Å². The van der Waals surface area contributed by atoms with E-state index in [1.165, 1.54) is 0 Å². The van der Waals surface area contributed by atoms with Gasteiger partial charge in [-0.1, -0.05) is 0 Å². The van der Waals surface area contributed by atoms with E-state index in [1.54, 1.807) is 0 Å². The Morgan fingerprint density at radius 1 is 1.45 bits per heavy atom. The van der Waals surface area contributed by atoms with Gasteiger partial charge in [-0.15, -0.1) is 0 Å². The molecule has 0 bridgehead atoms. The fraction of sp³-hybridized carbons (Fsp3) is 0.364. The van der Waals surface area contributed by atoms with E-state index in [-0.39, 0.29) is 16.2 Å². The van der Waals surface area contributed by atoms with Crippen LogP contribution >= 0.6 is 15.9 Å². The Morgan fingerprint density at radius 3 is 2.70 bits per heavy atom. The summed E-state index contributed by atoms with van der Waals surface area (Å²) in [7, 11) is -4.13. The molecule has 1 aliphatic carbocycles. The molecular weight excluding hydrogens is 353 g/mol. The second-order valence-electron chi connectivity index (χ2n) is 4.47. The highest BCUT2D eigenvalue weighted by molar-refractivity contribution is 9.10. The number of nitrogen functional groups attached to an aromatic ring is 1. The molecule has 0 unspecified atom stereocenters. The normalized spacial score (nSPS) is 15.1. The Hall–Kier alpha value is -1.19. The summed E-state index contributed by atoms with van der Waals surface area (Å²) >= 11 is 3.00. The smallest absolute Gasteiger partial charge is 0.244 e. The van der Waals surface area contributed by atoms with E-state index in [0.717, 1.165) is 25.0 Å². The van der Waals surface area contributed by atoms with Gasteiger partial charge in [-0.2, -0.15) is 0 Å². The summed E-state index contributed by atoms with van der Waals surface area (Å²) in [5.41, 5.74) is 5.62. The van der Waals surface area contributed by atoms with Gasteiger partial charge in [0.15, 0.2) is 0 Å². The number of amides is 1. The number of nitrogens with two attached hydrogens (primary N) is 1. The van der Waals surface area contributed by atoms with Crippen LogP contribution in [0.4, 0.5) is 10.1 Å². The molecule has 1 amide bonds. The average molecular weight is 366 g/mol. The van der Waals surface area contributed by atoms with E-state index in [1.807, 2.05) is 4.72 Å². The molecule has 1 fully saturated rings. The number of nitrogens with one attached hydrogen (secondary N) is 2. The van der Waals surface area contributed by atoms with Gasteiger partial charge in [-0.05, 0) is 40.9 Å². The van der Waals surface area contributed by atoms with E-state index in [0.29, 0.717) is 0 Å². The van der Waals surface area contributed by atoms with Crippen LogP contribution in [0.25, 0.3) is 0 Å². The highest BCUT2D eigenvalue weighted by atomic mass is 79.9. The Bertz CT molecular complexity index is 647. The van der Waals surface area contributed by atoms with Crippen LogP contribution in [-0.2, 0) is 14.8 Å². The number of anilines is 1. The lowest BCUT2D eigenvalue weighted by atomic mass is 10.3. The molecule has 110 valence electrons. The average Bonchev–Trinajstić information content (AvgIpc) is 3.15. The van der Waals surface area contributed by atoms with Crippen molar-refractivity contribution in [1.82, 2.24) is 10.0 Å². The summed E-state index contributed by atoms with van der Waals surface area (Å²) in [5.74, 6) is -1.39. The van der Waals surface area contributed by atoms with Crippen LogP contribution in [0.3, 0.4) is 0 Å². The minimum absolute atomic E-state index is 0.0919. The monoisotopic (exact) mass is 365 g/mol. The summed E-state index contributed by atoms with van der Waals surface area (Å²) in [6, 6.07) is 2.10. The quantitative estimate of drug-likeness (QED) is 0.669. The first-order chi connectivity index (χ1) is 9.29. The van der Waals surface area contributed by atoms with Crippen LogP contribution < -0.4 is 15.8 Å². The number of sulfonamides is 1. The number of carbonyl (C=O) groups excluding carboxylic acids is 1. The van der Waals surface area contributed by atoms with Crippen molar-refractivity contribution in [2.45, 2.75) is 23.8 Å². The number of carbonyl (C=O) groups is 1. The molecule has 20 heavy (non-hydrogen) atoms. The zero-order chi connectivity index (χ0) is 14.9. The third-order valence-corrected chi connectivity index (χ3v) is 4.81. The van der Waals surface area contributed by atoms with Gasteiger partial charge in [0, 0.05) is 16.2 Å². The van der Waals surface area contributed by atoms with Gasteiger partial charge in [0.2, 0.25) is 15.9 Å². The van der Waals surface area contributed by atoms with E-state index < -0.39 is 33.2 Å². The van der Waals surface area contributed by atoms with Crippen molar-refractivity contribution in [3.8, 4) is 0 Å². The van der Waals surface area contributed by atoms with Crippen molar-refractivity contribution in [2.75, 3.05) is 12.3 Å². The number of halogens is 2. The van der Waals surface area contributed by atoms with Crippen LogP contribution in [0, 0.1) is 5.82 Å². The molecule has 0 heterocycles. The van der Waals surface area contributed by atoms with Crippen LogP contribution in [0.1, 0.15) is 12.8 Å². The van der Waals surface area contributed by atoms with E-state index in [9.17, 15) is 17.6 Å². The molecule has 1 aromatic carbocycles. The Labute approximate surface area is 124 Å². The molecule has 0 spiro atoms. The third kappa shape index (κ3) is 3.68. The molecular formula is C11H13BrFN3O3S. The standard InChI is InChI=1S/C11H13BrFN3O3S/c12-7-3-8(13)10(4-9(7)14)20(18,19)15-5-11(17)16-6-1-2-6/h3-4,6,15H,1-2,5,14H2,(H,16,17). The maximum absolute atomic E-state index is 13.7. The van der Waals surface area contributed by atoms with Gasteiger partial charge in [-0.25, -0.2) is 17.5 Å². The zero-order valence-electron chi connectivity index (χ0n) is 10.3. The molecule has 0 saturated heterocycles. The summed E-state index contributed by atoms with van der Waals surface area (Å²) in [6.45, 7) is -0.436. The fourth-order valence-electron chi connectivity index (χ4n) is 1.50. The Kier molecular flexibility index (Phi) is 4.31. The van der Waals surface area contributed by atoms with Crippen molar-refractivity contribution in [3.05, 3.63) is 22.4 Å². The minimum Gasteiger partial charge on any atom is -0.398 e. The van der Waals surface area contributed by atoms with Gasteiger partial charge >= 0.3 is 0 Å². The molecule has 0 aliphatic heterocycles. The molecule has 1 saturated carbocycles. The first-order valence-corrected chi connectivity index (χ1v) is 8.11. The Morgan fingerprint density at radius 2 is 2.10 bits per heavy atom. The van der Waals surface area contributed by atoms with Crippen molar-refractivity contribution in [1.29, 1.82) is 0 Å². The lowest BCUT2D eigenvalue weighted by molar-refractivity contribution is -0.120. The van der Waals surface area contributed by atoms with E-state index in [2.05, 4.69) is 21.2 Å². The minimum atomic E-state index is -4.13. The Balaban J connectivity index is 2.09. The van der Waals surface area contributed by atoms with Gasteiger partial charge in [0.1, 0.15) is 10.7 Å². The molecule has 6 nitrogen and oxygen atoms in total. The SMILES string of the molecule is Nc1cc(S(=O)(=O)NCC(=O)NC2CC2)c(F)cc1Br. The molecule has 9 heteroatoms. The van der Waals surface area contributed by atoms with Gasteiger partial charge in [0.05, 0.1) is 6.54 Å². The topological polar surface area (TPSA) is 101 Å². The lowest BCUT2D eigenvalue weighted by Crippen LogP contribution is -2.38. The van der Waals surface area contributed by atoms with Gasteiger partial charge in [0.25, 0.3) is 0 Å². The van der Waals surface area contributed by atoms with Gasteiger partial charge < -0.3 is 11.1 Å². The maximum atomic E-state index is 13.7. The maximum Gasteiger partial charge on any atom is 0.244 e. The van der Waals surface area contributed by atoms with Crippen molar-refractivity contribution in [2.24, 2.45) is 0 Å². The molecule has 2 rings (SSSR count). The molecule has 0 radical (unpaired) electrons. The third-order valence-electron chi connectivity index (χ3n) is 2.71. The van der Waals surface area contributed by atoms with Crippen molar-refractivity contribution >= 4 is 37.5 Å². The first kappa shape index (κ1) is 15.2. The summed E-state index contributed by atoms with van der Waals surface area (Å²) in [5, 5.41) is 2.62. The van der Waals surface area contributed by atoms with Crippen molar-refractivity contribution in [3.63, 3.8) is 0 Å². The molecule has 0 atom stereocenters. The van der Waals surface area contributed by atoms with Crippen LogP contribution in [-0.4, -0.2) is 26.9 Å². The second-order valence-corrected chi connectivity index (χ2v) is 7.06. The molecule has 1 aliphatic rings. The first-order valence-electron chi connectivity index (χ1n) is 5.83. The van der Waals surface area contributed by atoms with Crippen molar-refractivity contribution < 1.29 is 17.6 Å².